The van der Waals surface area contributed by atoms with Crippen LogP contribution in [0.15, 0.2) is 77.3 Å². The quantitative estimate of drug-likeness (QED) is 0.169. The molecule has 3 rings (SSSR count). The SMILES string of the molecule is C#C.C=N/C=C1\N(CSCc2ccc(F)c(C(=O)NCCOC)c2)C/C=C\C(F)=C/CC1(C)c1ccc(Cl)c(Cl)c1. The molecular formula is C31H33Cl2F2N3O2S. The van der Waals surface area contributed by atoms with Crippen molar-refractivity contribution >= 4 is 47.6 Å². The summed E-state index contributed by atoms with van der Waals surface area (Å²) in [6, 6.07) is 9.92. The van der Waals surface area contributed by atoms with Crippen LogP contribution in [0.5, 0.6) is 0 Å². The van der Waals surface area contributed by atoms with Gasteiger partial charge in [0.15, 0.2) is 0 Å². The van der Waals surface area contributed by atoms with E-state index in [4.69, 9.17) is 27.9 Å². The number of ether oxygens (including phenoxy) is 1. The van der Waals surface area contributed by atoms with E-state index in [1.807, 2.05) is 13.0 Å². The molecule has 1 aliphatic rings. The Hall–Kier alpha value is -3.09. The number of hydrogen-bond donors (Lipinski definition) is 1. The zero-order valence-corrected chi connectivity index (χ0v) is 25.3. The molecule has 41 heavy (non-hydrogen) atoms. The molecule has 1 N–H and O–H groups in total. The van der Waals surface area contributed by atoms with E-state index in [9.17, 15) is 13.6 Å². The highest BCUT2D eigenvalue weighted by Crippen LogP contribution is 2.41. The predicted molar refractivity (Wildman–Crippen MR) is 168 cm³/mol. The summed E-state index contributed by atoms with van der Waals surface area (Å²) in [5, 5.41) is 3.48. The molecule has 10 heteroatoms. The average Bonchev–Trinajstić information content (AvgIpc) is 3.02. The van der Waals surface area contributed by atoms with Crippen LogP contribution in [-0.2, 0) is 15.9 Å². The monoisotopic (exact) mass is 619 g/mol. The van der Waals surface area contributed by atoms with Gasteiger partial charge in [-0.25, -0.2) is 8.78 Å². The number of allylic oxidation sites excluding steroid dienone is 4. The molecule has 1 heterocycles. The minimum absolute atomic E-state index is 0.0138. The Morgan fingerprint density at radius 2 is 2.00 bits per heavy atom. The lowest BCUT2D eigenvalue weighted by Crippen LogP contribution is -2.36. The van der Waals surface area contributed by atoms with Crippen LogP contribution in [0.2, 0.25) is 10.0 Å². The van der Waals surface area contributed by atoms with Crippen LogP contribution in [-0.4, -0.2) is 50.2 Å². The van der Waals surface area contributed by atoms with Crippen molar-refractivity contribution < 1.29 is 18.3 Å². The van der Waals surface area contributed by atoms with Crippen LogP contribution in [0.4, 0.5) is 8.78 Å². The molecule has 1 unspecified atom stereocenters. The van der Waals surface area contributed by atoms with E-state index >= 15 is 0 Å². The van der Waals surface area contributed by atoms with Crippen molar-refractivity contribution in [3.63, 3.8) is 0 Å². The lowest BCUT2D eigenvalue weighted by atomic mass is 9.76. The highest BCUT2D eigenvalue weighted by molar-refractivity contribution is 7.98. The summed E-state index contributed by atoms with van der Waals surface area (Å²) in [5.74, 6) is -0.376. The minimum atomic E-state index is -0.692. The smallest absolute Gasteiger partial charge is 0.254 e. The minimum Gasteiger partial charge on any atom is -0.383 e. The van der Waals surface area contributed by atoms with Gasteiger partial charge in [-0.2, -0.15) is 0 Å². The van der Waals surface area contributed by atoms with Gasteiger partial charge >= 0.3 is 0 Å². The summed E-state index contributed by atoms with van der Waals surface area (Å²) in [6.45, 7) is 6.71. The second-order valence-electron chi connectivity index (χ2n) is 9.12. The van der Waals surface area contributed by atoms with Gasteiger partial charge in [0.25, 0.3) is 5.91 Å². The number of terminal acetylenes is 1. The number of amides is 1. The van der Waals surface area contributed by atoms with Crippen molar-refractivity contribution in [2.24, 2.45) is 4.99 Å². The number of aliphatic imine (C=N–C) groups is 1. The van der Waals surface area contributed by atoms with E-state index in [0.717, 1.165) is 16.8 Å². The number of rotatable bonds is 10. The van der Waals surface area contributed by atoms with Gasteiger partial charge in [-0.1, -0.05) is 41.4 Å². The van der Waals surface area contributed by atoms with Gasteiger partial charge in [-0.15, -0.1) is 24.6 Å². The van der Waals surface area contributed by atoms with Gasteiger partial charge in [0.05, 0.1) is 28.1 Å². The number of carbonyl (C=O) groups excluding carboxylic acids is 1. The molecule has 0 saturated carbocycles. The third kappa shape index (κ3) is 9.47. The molecule has 0 radical (unpaired) electrons. The number of nitrogens with zero attached hydrogens (tertiary/aromatic N) is 2. The van der Waals surface area contributed by atoms with Crippen molar-refractivity contribution in [2.45, 2.75) is 24.5 Å². The molecule has 1 atom stereocenters. The third-order valence-electron chi connectivity index (χ3n) is 6.37. The summed E-state index contributed by atoms with van der Waals surface area (Å²) in [4.78, 5) is 18.6. The Morgan fingerprint density at radius 3 is 2.68 bits per heavy atom. The Labute approximate surface area is 255 Å². The third-order valence-corrected chi connectivity index (χ3v) is 8.14. The Bertz CT molecular complexity index is 1330. The molecule has 2 aromatic rings. The van der Waals surface area contributed by atoms with Gasteiger partial charge in [-0.05, 0) is 67.6 Å². The highest BCUT2D eigenvalue weighted by atomic mass is 35.5. The van der Waals surface area contributed by atoms with Crippen LogP contribution >= 0.6 is 35.0 Å². The van der Waals surface area contributed by atoms with Crippen molar-refractivity contribution in [3.05, 3.63) is 105 Å². The van der Waals surface area contributed by atoms with Crippen LogP contribution in [0.25, 0.3) is 0 Å². The fourth-order valence-electron chi connectivity index (χ4n) is 4.22. The van der Waals surface area contributed by atoms with E-state index in [2.05, 4.69) is 34.8 Å². The van der Waals surface area contributed by atoms with Gasteiger partial charge in [0.2, 0.25) is 0 Å². The average molecular weight is 621 g/mol. The maximum Gasteiger partial charge on any atom is 0.254 e. The van der Waals surface area contributed by atoms with Crippen molar-refractivity contribution in [3.8, 4) is 12.8 Å². The first-order chi connectivity index (χ1) is 19.7. The summed E-state index contributed by atoms with van der Waals surface area (Å²) >= 11 is 14.1. The summed E-state index contributed by atoms with van der Waals surface area (Å²) in [7, 11) is 1.53. The molecule has 1 amide bonds. The maximum absolute atomic E-state index is 14.5. The van der Waals surface area contributed by atoms with Crippen LogP contribution < -0.4 is 5.32 Å². The van der Waals surface area contributed by atoms with Gasteiger partial charge in [0.1, 0.15) is 11.6 Å². The van der Waals surface area contributed by atoms with Gasteiger partial charge < -0.3 is 15.0 Å². The van der Waals surface area contributed by atoms with Gasteiger partial charge in [0, 0.05) is 43.3 Å². The molecule has 0 fully saturated rings. The summed E-state index contributed by atoms with van der Waals surface area (Å²) in [6.07, 6.45) is 14.8. The van der Waals surface area contributed by atoms with E-state index < -0.39 is 17.1 Å². The molecule has 2 aromatic carbocycles. The van der Waals surface area contributed by atoms with Crippen molar-refractivity contribution in [2.75, 3.05) is 32.7 Å². The number of carbonyl (C=O) groups is 1. The second-order valence-corrected chi connectivity index (χ2v) is 10.9. The Balaban J connectivity index is 0.00000287. The Morgan fingerprint density at radius 1 is 1.24 bits per heavy atom. The maximum atomic E-state index is 14.5. The number of halogens is 4. The van der Waals surface area contributed by atoms with E-state index in [0.29, 0.717) is 41.2 Å². The fraction of sp³-hybridized carbons (Fsp3) is 0.290. The molecular weight excluding hydrogens is 587 g/mol. The molecule has 0 spiro atoms. The fourth-order valence-corrected chi connectivity index (χ4v) is 5.49. The van der Waals surface area contributed by atoms with Gasteiger partial charge in [-0.3, -0.25) is 9.79 Å². The number of methoxy groups -OCH3 is 1. The summed E-state index contributed by atoms with van der Waals surface area (Å²) in [5.41, 5.74) is 1.78. The molecule has 0 aromatic heterocycles. The Kier molecular flexibility index (Phi) is 14.1. The summed E-state index contributed by atoms with van der Waals surface area (Å²) < 4.78 is 33.8. The largest absolute Gasteiger partial charge is 0.383 e. The highest BCUT2D eigenvalue weighted by Gasteiger charge is 2.35. The second kappa shape index (κ2) is 17.0. The molecule has 0 bridgehead atoms. The first-order valence-corrected chi connectivity index (χ1v) is 14.5. The molecule has 218 valence electrons. The standard InChI is InChI=1S/C29H31Cl2F2N3O2S.C2H2/c1-29(21-7-8-24(30)25(31)16-21)11-10-22(32)5-4-13-36(27(29)17-34-2)19-39-18-20-6-9-26(33)23(15-20)28(37)35-12-14-38-3;1-2/h4-10,15-17H,2,11-14,18-19H2,1,3H3,(H,35,37);1-2H/b5-4-,22-10+,27-17-;. The van der Waals surface area contributed by atoms with Crippen molar-refractivity contribution in [1.29, 1.82) is 0 Å². The predicted octanol–water partition coefficient (Wildman–Crippen LogP) is 7.56. The lowest BCUT2D eigenvalue weighted by Gasteiger charge is -2.39. The van der Waals surface area contributed by atoms with E-state index in [1.165, 1.54) is 19.3 Å². The molecule has 5 nitrogen and oxygen atoms in total. The zero-order chi connectivity index (χ0) is 30.4. The van der Waals surface area contributed by atoms with Crippen LogP contribution in [0.1, 0.15) is 34.8 Å². The molecule has 1 aliphatic heterocycles. The normalized spacial score (nSPS) is 20.0. The van der Waals surface area contributed by atoms with E-state index in [1.54, 1.807) is 54.4 Å². The first kappa shape index (κ1) is 34.1. The first-order valence-electron chi connectivity index (χ1n) is 12.6. The van der Waals surface area contributed by atoms with E-state index in [-0.39, 0.29) is 17.9 Å². The number of nitrogens with one attached hydrogen (secondary N) is 1. The van der Waals surface area contributed by atoms with Crippen molar-refractivity contribution in [1.82, 2.24) is 10.2 Å². The zero-order valence-electron chi connectivity index (χ0n) is 23.0. The number of benzene rings is 2. The molecule has 0 aliphatic carbocycles. The van der Waals surface area contributed by atoms with Crippen LogP contribution in [0.3, 0.4) is 0 Å². The number of thioether (sulfide) groups is 1. The topological polar surface area (TPSA) is 53.9 Å². The molecule has 0 saturated heterocycles. The van der Waals surface area contributed by atoms with Crippen LogP contribution in [0, 0.1) is 18.7 Å². The number of hydrogen-bond acceptors (Lipinski definition) is 5. The lowest BCUT2D eigenvalue weighted by molar-refractivity contribution is 0.0933.